The van der Waals surface area contributed by atoms with Crippen molar-refractivity contribution < 1.29 is 42.5 Å². The van der Waals surface area contributed by atoms with E-state index in [2.05, 4.69) is 15.6 Å². The van der Waals surface area contributed by atoms with Gasteiger partial charge in [-0.25, -0.2) is 8.78 Å². The molecule has 3 N–H and O–H groups in total. The molecule has 0 unspecified atom stereocenters. The number of aliphatic carboxylic acids is 1. The fourth-order valence-corrected chi connectivity index (χ4v) is 5.01. The molecule has 0 bridgehead atoms. The number of ether oxygens (including phenoxy) is 3. The Hall–Kier alpha value is -4.66. The van der Waals surface area contributed by atoms with Crippen molar-refractivity contribution in [1.29, 1.82) is 0 Å². The molecule has 1 aromatic heterocycles. The maximum atomic E-state index is 15.3. The van der Waals surface area contributed by atoms with E-state index in [1.807, 2.05) is 6.92 Å². The summed E-state index contributed by atoms with van der Waals surface area (Å²) in [5, 5.41) is 14.6. The first-order chi connectivity index (χ1) is 22.7. The van der Waals surface area contributed by atoms with E-state index in [0.29, 0.717) is 66.3 Å². The van der Waals surface area contributed by atoms with E-state index in [0.717, 1.165) is 25.3 Å². The van der Waals surface area contributed by atoms with Gasteiger partial charge in [0.15, 0.2) is 23.1 Å². The predicted molar refractivity (Wildman–Crippen MR) is 178 cm³/mol. The molecule has 1 fully saturated rings. The Morgan fingerprint density at radius 3 is 2.15 bits per heavy atom. The van der Waals surface area contributed by atoms with Crippen molar-refractivity contribution in [2.45, 2.75) is 51.9 Å². The van der Waals surface area contributed by atoms with E-state index in [1.165, 1.54) is 42.6 Å². The van der Waals surface area contributed by atoms with Crippen LogP contribution in [0.5, 0.6) is 23.0 Å². The second-order valence-electron chi connectivity index (χ2n) is 11.2. The number of rotatable bonds is 16. The van der Waals surface area contributed by atoms with Gasteiger partial charge in [-0.1, -0.05) is 12.8 Å². The summed E-state index contributed by atoms with van der Waals surface area (Å²) in [6, 6.07) is 14.3. The van der Waals surface area contributed by atoms with E-state index < -0.39 is 34.8 Å². The molecule has 1 heterocycles. The first kappa shape index (κ1) is 36.2. The summed E-state index contributed by atoms with van der Waals surface area (Å²) in [7, 11) is 0. The number of unbranched alkanes of at least 4 members (excludes halogenated alkanes) is 3. The molecule has 248 valence electrons. The van der Waals surface area contributed by atoms with Crippen molar-refractivity contribution in [2.24, 2.45) is 5.41 Å². The number of hydrogen-bond acceptors (Lipinski definition) is 7. The number of carbonyl (C=O) groups excluding carboxylic acids is 2. The Kier molecular flexibility index (Phi) is 12.4. The number of pyridine rings is 1. The third kappa shape index (κ3) is 9.02. The number of carboxylic acid groups (broad SMARTS) is 1. The van der Waals surface area contributed by atoms with Gasteiger partial charge in [-0.15, -0.1) is 0 Å². The molecule has 1 aliphatic rings. The molecule has 5 rings (SSSR count). The van der Waals surface area contributed by atoms with Crippen molar-refractivity contribution in [1.82, 2.24) is 4.98 Å². The molecule has 0 atom stereocenters. The van der Waals surface area contributed by atoms with E-state index in [1.54, 1.807) is 18.2 Å². The first-order valence-corrected chi connectivity index (χ1v) is 15.4. The van der Waals surface area contributed by atoms with Gasteiger partial charge in [-0.2, -0.15) is 0 Å². The molecule has 48 heavy (non-hydrogen) atoms. The zero-order chi connectivity index (χ0) is 33.4. The summed E-state index contributed by atoms with van der Waals surface area (Å²) in [6.45, 7) is 2.64. The van der Waals surface area contributed by atoms with Crippen LogP contribution in [0.1, 0.15) is 51.9 Å². The molecule has 10 nitrogen and oxygen atoms in total. The van der Waals surface area contributed by atoms with E-state index in [9.17, 15) is 18.8 Å². The number of carboxylic acids is 1. The minimum absolute atomic E-state index is 0. The average Bonchev–Trinajstić information content (AvgIpc) is 3.86. The van der Waals surface area contributed by atoms with Gasteiger partial charge in [0.05, 0.1) is 18.7 Å². The maximum absolute atomic E-state index is 15.3. The van der Waals surface area contributed by atoms with Crippen LogP contribution < -0.4 is 24.8 Å². The molecule has 0 spiro atoms. The normalized spacial score (nSPS) is 12.8. The van der Waals surface area contributed by atoms with Gasteiger partial charge in [0, 0.05) is 41.5 Å². The van der Waals surface area contributed by atoms with Crippen molar-refractivity contribution in [3.05, 3.63) is 78.5 Å². The zero-order valence-electron chi connectivity index (χ0n) is 25.8. The molecule has 0 radical (unpaired) electrons. The summed E-state index contributed by atoms with van der Waals surface area (Å²) >= 11 is 0. The molecular weight excluding hydrogens is 619 g/mol. The number of amides is 2. The van der Waals surface area contributed by atoms with Gasteiger partial charge in [0.2, 0.25) is 11.8 Å². The van der Waals surface area contributed by atoms with E-state index >= 15 is 4.39 Å². The van der Waals surface area contributed by atoms with Crippen LogP contribution in [0.2, 0.25) is 0 Å². The van der Waals surface area contributed by atoms with Crippen LogP contribution in [0, 0.1) is 17.0 Å². The van der Waals surface area contributed by atoms with Gasteiger partial charge in [0.25, 0.3) is 0 Å². The van der Waals surface area contributed by atoms with Crippen molar-refractivity contribution >= 4 is 58.9 Å². The number of benzene rings is 3. The topological polar surface area (TPSA) is 136 Å². The number of anilines is 2. The first-order valence-electron chi connectivity index (χ1n) is 15.4. The monoisotopic (exact) mass is 655 g/mol. The number of nitrogens with one attached hydrogen (secondary N) is 2. The second-order valence-corrected chi connectivity index (χ2v) is 11.2. The van der Waals surface area contributed by atoms with Gasteiger partial charge in [-0.05, 0) is 81.1 Å². The summed E-state index contributed by atoms with van der Waals surface area (Å²) in [5.74, 6) is -1.85. The van der Waals surface area contributed by atoms with Crippen LogP contribution in [0.4, 0.5) is 20.2 Å². The standard InChI is InChI=1S/C35H35F2N3O7.Li.H/c1-2-45-30-20-25-27(21-31(30)46-18-6-4-3-5-7-32(41)42)38-17-14-28(25)47-29-13-12-24(19-26(29)37)40-34(44)35(15-16-35)33(43)39-23-10-8-22(36)9-11-23;;/h8-14,17,19-21H,2-7,15-16,18H2,1H3,(H,39,43)(H,40,44)(H,41,42);;. The van der Waals surface area contributed by atoms with Gasteiger partial charge in [0.1, 0.15) is 17.0 Å². The third-order valence-electron chi connectivity index (χ3n) is 7.74. The SMILES string of the molecule is CCOc1cc2c(Oc3ccc(NC(=O)C4(C(=O)Nc5ccc(F)cc5)CC4)cc3F)ccnc2cc1OCCCCCCC(=O)O.[LiH]. The average molecular weight is 656 g/mol. The van der Waals surface area contributed by atoms with Gasteiger partial charge in [-0.3, -0.25) is 19.4 Å². The molecular formula is C35H36F2LiN3O7. The van der Waals surface area contributed by atoms with Crippen molar-refractivity contribution in [3.63, 3.8) is 0 Å². The molecule has 1 saturated carbocycles. The number of fused-ring (bicyclic) bond motifs is 1. The summed E-state index contributed by atoms with van der Waals surface area (Å²) in [4.78, 5) is 41.0. The summed E-state index contributed by atoms with van der Waals surface area (Å²) in [5.41, 5.74) is -0.229. The Balaban J connectivity index is 0.00000520. The van der Waals surface area contributed by atoms with Crippen LogP contribution >= 0.6 is 0 Å². The molecule has 3 aromatic carbocycles. The number of nitrogens with zero attached hydrogens (tertiary/aromatic N) is 1. The number of aromatic nitrogens is 1. The van der Waals surface area contributed by atoms with E-state index in [4.69, 9.17) is 19.3 Å². The fraction of sp³-hybridized carbons (Fsp3) is 0.314. The predicted octanol–water partition coefficient (Wildman–Crippen LogP) is 6.83. The molecule has 4 aromatic rings. The van der Waals surface area contributed by atoms with Crippen molar-refractivity contribution in [2.75, 3.05) is 23.8 Å². The Labute approximate surface area is 288 Å². The second kappa shape index (κ2) is 16.4. The summed E-state index contributed by atoms with van der Waals surface area (Å²) < 4.78 is 46.2. The molecule has 13 heteroatoms. The molecule has 2 amide bonds. The Bertz CT molecular complexity index is 1770. The number of carbonyl (C=O) groups is 3. The van der Waals surface area contributed by atoms with Crippen molar-refractivity contribution in [3.8, 4) is 23.0 Å². The Morgan fingerprint density at radius 1 is 0.812 bits per heavy atom. The number of halogens is 2. The quantitative estimate of drug-likeness (QED) is 0.0680. The van der Waals surface area contributed by atoms with E-state index in [-0.39, 0.29) is 36.7 Å². The number of hydrogen-bond donors (Lipinski definition) is 3. The fourth-order valence-electron chi connectivity index (χ4n) is 5.01. The van der Waals surface area contributed by atoms with Crippen LogP contribution in [-0.4, -0.2) is 59.9 Å². The third-order valence-corrected chi connectivity index (χ3v) is 7.74. The Morgan fingerprint density at radius 2 is 1.48 bits per heavy atom. The molecule has 1 aliphatic carbocycles. The van der Waals surface area contributed by atoms with Crippen LogP contribution in [0.3, 0.4) is 0 Å². The van der Waals surface area contributed by atoms with Crippen LogP contribution in [0.15, 0.2) is 66.9 Å². The zero-order valence-corrected chi connectivity index (χ0v) is 25.8. The molecule has 0 aliphatic heterocycles. The summed E-state index contributed by atoms with van der Waals surface area (Å²) in [6.07, 6.45) is 5.35. The van der Waals surface area contributed by atoms with Gasteiger partial charge >= 0.3 is 24.8 Å². The van der Waals surface area contributed by atoms with Crippen LogP contribution in [0.25, 0.3) is 10.9 Å². The van der Waals surface area contributed by atoms with Crippen LogP contribution in [-0.2, 0) is 14.4 Å². The minimum atomic E-state index is -1.29. The molecule has 0 saturated heterocycles. The van der Waals surface area contributed by atoms with Gasteiger partial charge < -0.3 is 30.0 Å².